The van der Waals surface area contributed by atoms with Gasteiger partial charge in [-0.1, -0.05) is 11.6 Å². The predicted molar refractivity (Wildman–Crippen MR) is 148 cm³/mol. The molecule has 0 saturated carbocycles. The van der Waals surface area contributed by atoms with Crippen LogP contribution in [0.5, 0.6) is 5.75 Å². The fourth-order valence-corrected chi connectivity index (χ4v) is 6.44. The normalized spacial score (nSPS) is 12.0. The third kappa shape index (κ3) is 4.60. The van der Waals surface area contributed by atoms with E-state index in [9.17, 15) is 14.1 Å². The number of amides is 2. The van der Waals surface area contributed by atoms with Crippen molar-refractivity contribution in [1.82, 2.24) is 15.0 Å². The van der Waals surface area contributed by atoms with Gasteiger partial charge in [-0.25, -0.2) is 5.84 Å². The standard InChI is InChI=1S/C27H28ClN5O4S/c1-6-33-20-8-7-17(28)11-19(20)31-27(33)38(36)21-12-18(26(35)32-30)23(25(29)34)22(15(21)4)16-9-13(2)24(37-5)14(3)10-16/h7-12H,6,30H2,1-5H3,(H2,29,34)(H,32,35). The van der Waals surface area contributed by atoms with Crippen molar-refractivity contribution in [3.05, 3.63) is 69.2 Å². The van der Waals surface area contributed by atoms with Crippen molar-refractivity contribution in [3.63, 3.8) is 0 Å². The van der Waals surface area contributed by atoms with Crippen LogP contribution in [0.25, 0.3) is 22.2 Å². The van der Waals surface area contributed by atoms with E-state index in [0.29, 0.717) is 44.4 Å². The first-order valence-electron chi connectivity index (χ1n) is 11.7. The summed E-state index contributed by atoms with van der Waals surface area (Å²) in [4.78, 5) is 30.5. The number of benzene rings is 3. The Balaban J connectivity index is 2.07. The number of nitrogen functional groups attached to an aromatic ring is 1. The molecule has 1 aromatic heterocycles. The van der Waals surface area contributed by atoms with Crippen molar-refractivity contribution in [2.75, 3.05) is 7.11 Å². The lowest BCUT2D eigenvalue weighted by atomic mass is 9.89. The molecule has 0 radical (unpaired) electrons. The number of carbonyl (C=O) groups is 2. The first-order chi connectivity index (χ1) is 18.0. The van der Waals surface area contributed by atoms with Crippen LogP contribution in [0.4, 0.5) is 0 Å². The average molecular weight is 554 g/mol. The second kappa shape index (κ2) is 10.7. The Morgan fingerprint density at radius 1 is 1.16 bits per heavy atom. The Bertz CT molecular complexity index is 1580. The largest absolute Gasteiger partial charge is 0.604 e. The number of hydrogen-bond donors (Lipinski definition) is 3. The number of aromatic nitrogens is 2. The van der Waals surface area contributed by atoms with Crippen molar-refractivity contribution >= 4 is 45.6 Å². The molecule has 0 saturated heterocycles. The van der Waals surface area contributed by atoms with Crippen molar-refractivity contribution in [3.8, 4) is 16.9 Å². The van der Waals surface area contributed by atoms with E-state index in [-0.39, 0.29) is 16.3 Å². The zero-order valence-electron chi connectivity index (χ0n) is 21.6. The summed E-state index contributed by atoms with van der Waals surface area (Å²) in [6.45, 7) is 7.90. The molecular weight excluding hydrogens is 526 g/mol. The highest BCUT2D eigenvalue weighted by molar-refractivity contribution is 7.91. The summed E-state index contributed by atoms with van der Waals surface area (Å²) < 4.78 is 21.5. The number of rotatable bonds is 7. The molecule has 198 valence electrons. The highest BCUT2D eigenvalue weighted by Crippen LogP contribution is 2.39. The summed E-state index contributed by atoms with van der Waals surface area (Å²) in [5, 5.41) is 0.791. The van der Waals surface area contributed by atoms with E-state index < -0.39 is 23.0 Å². The Labute approximate surface area is 228 Å². The highest BCUT2D eigenvalue weighted by Gasteiger charge is 2.32. The third-order valence-electron chi connectivity index (χ3n) is 6.47. The van der Waals surface area contributed by atoms with E-state index in [1.54, 1.807) is 26.2 Å². The fourth-order valence-electron chi connectivity index (χ4n) is 4.87. The lowest BCUT2D eigenvalue weighted by Gasteiger charge is -2.21. The maximum absolute atomic E-state index is 14.2. The predicted octanol–water partition coefficient (Wildman–Crippen LogP) is 4.18. The van der Waals surface area contributed by atoms with E-state index in [1.165, 1.54) is 6.07 Å². The molecule has 1 atom stereocenters. The van der Waals surface area contributed by atoms with Crippen LogP contribution in [0.2, 0.25) is 5.02 Å². The van der Waals surface area contributed by atoms with Gasteiger partial charge < -0.3 is 15.0 Å². The summed E-state index contributed by atoms with van der Waals surface area (Å²) in [5.74, 6) is 4.60. The van der Waals surface area contributed by atoms with Gasteiger partial charge in [-0.05, 0) is 74.7 Å². The number of nitrogens with zero attached hydrogens (tertiary/aromatic N) is 2. The topological polar surface area (TPSA) is 148 Å². The maximum atomic E-state index is 14.2. The van der Waals surface area contributed by atoms with Gasteiger partial charge in [-0.2, -0.15) is 4.98 Å². The van der Waals surface area contributed by atoms with Crippen LogP contribution < -0.4 is 21.7 Å². The van der Waals surface area contributed by atoms with Crippen LogP contribution in [-0.4, -0.2) is 33.0 Å². The summed E-state index contributed by atoms with van der Waals surface area (Å²) in [6.07, 6.45) is 0. The molecule has 0 aliphatic rings. The zero-order valence-corrected chi connectivity index (χ0v) is 23.2. The molecule has 38 heavy (non-hydrogen) atoms. The Kier molecular flexibility index (Phi) is 7.70. The van der Waals surface area contributed by atoms with E-state index in [1.807, 2.05) is 43.5 Å². The molecule has 0 aliphatic heterocycles. The number of hydrogen-bond acceptors (Lipinski definition) is 6. The number of methoxy groups -OCH3 is 1. The molecular formula is C27H28ClN5O4S. The van der Waals surface area contributed by atoms with Crippen LogP contribution >= 0.6 is 11.6 Å². The first kappa shape index (κ1) is 27.5. The van der Waals surface area contributed by atoms with Gasteiger partial charge in [0.05, 0.1) is 40.4 Å². The van der Waals surface area contributed by atoms with E-state index in [4.69, 9.17) is 27.9 Å². The molecule has 2 amide bonds. The zero-order chi connectivity index (χ0) is 27.9. The highest BCUT2D eigenvalue weighted by atomic mass is 35.5. The Hall–Kier alpha value is -3.57. The molecule has 0 fully saturated rings. The van der Waals surface area contributed by atoms with Gasteiger partial charge in [0.25, 0.3) is 5.91 Å². The number of hydrazine groups is 1. The lowest BCUT2D eigenvalue weighted by molar-refractivity contribution is 0.0936. The Morgan fingerprint density at radius 2 is 1.82 bits per heavy atom. The maximum Gasteiger partial charge on any atom is 0.330 e. The number of halogens is 1. The van der Waals surface area contributed by atoms with E-state index in [0.717, 1.165) is 16.6 Å². The molecule has 9 nitrogen and oxygen atoms in total. The SMILES string of the molecule is CCn1c([S+]([O-])c2cc(C(=O)NN)c(C(N)=O)c(-c3cc(C)c(OC)c(C)c3)c2C)nc2cc(Cl)ccc21. The van der Waals surface area contributed by atoms with Crippen LogP contribution in [0, 0.1) is 20.8 Å². The monoisotopic (exact) mass is 553 g/mol. The van der Waals surface area contributed by atoms with Gasteiger partial charge in [-0.15, -0.1) is 0 Å². The molecule has 5 N–H and O–H groups in total. The second-order valence-electron chi connectivity index (χ2n) is 8.82. The minimum Gasteiger partial charge on any atom is -0.604 e. The first-order valence-corrected chi connectivity index (χ1v) is 13.3. The van der Waals surface area contributed by atoms with Crippen molar-refractivity contribution < 1.29 is 18.9 Å². The number of carbonyl (C=O) groups excluding carboxylic acids is 2. The lowest BCUT2D eigenvalue weighted by Crippen LogP contribution is -2.33. The number of imidazole rings is 1. The average Bonchev–Trinajstić information content (AvgIpc) is 3.24. The molecule has 0 bridgehead atoms. The summed E-state index contributed by atoms with van der Waals surface area (Å²) in [7, 11) is 1.58. The molecule has 11 heteroatoms. The molecule has 0 aliphatic carbocycles. The number of nitrogens with one attached hydrogen (secondary N) is 1. The van der Waals surface area contributed by atoms with Crippen LogP contribution in [-0.2, 0) is 17.7 Å². The van der Waals surface area contributed by atoms with E-state index >= 15 is 0 Å². The van der Waals surface area contributed by atoms with Crippen molar-refractivity contribution in [2.24, 2.45) is 11.6 Å². The van der Waals surface area contributed by atoms with Gasteiger partial charge in [0.15, 0.2) is 4.90 Å². The van der Waals surface area contributed by atoms with Gasteiger partial charge >= 0.3 is 5.16 Å². The van der Waals surface area contributed by atoms with E-state index in [2.05, 4.69) is 10.4 Å². The molecule has 3 aromatic carbocycles. The van der Waals surface area contributed by atoms with Crippen molar-refractivity contribution in [1.29, 1.82) is 0 Å². The number of primary amides is 1. The van der Waals surface area contributed by atoms with Gasteiger partial charge in [0.2, 0.25) is 5.91 Å². The summed E-state index contributed by atoms with van der Waals surface area (Å²) >= 11 is 4.32. The van der Waals surface area contributed by atoms with Crippen molar-refractivity contribution in [2.45, 2.75) is 44.3 Å². The minimum absolute atomic E-state index is 0.0223. The number of nitrogens with two attached hydrogens (primary N) is 2. The molecule has 1 unspecified atom stereocenters. The molecule has 0 spiro atoms. The molecule has 4 aromatic rings. The Morgan fingerprint density at radius 3 is 2.37 bits per heavy atom. The quantitative estimate of drug-likeness (QED) is 0.135. The van der Waals surface area contributed by atoms with Crippen LogP contribution in [0.3, 0.4) is 0 Å². The van der Waals surface area contributed by atoms with Gasteiger partial charge in [0.1, 0.15) is 5.75 Å². The van der Waals surface area contributed by atoms with Crippen LogP contribution in [0.1, 0.15) is 44.3 Å². The number of fused-ring (bicyclic) bond motifs is 1. The minimum atomic E-state index is -1.85. The second-order valence-corrected chi connectivity index (χ2v) is 10.6. The van der Waals surface area contributed by atoms with Gasteiger partial charge in [-0.3, -0.25) is 19.6 Å². The summed E-state index contributed by atoms with van der Waals surface area (Å²) in [6, 6.07) is 10.3. The summed E-state index contributed by atoms with van der Waals surface area (Å²) in [5.41, 5.74) is 12.3. The molecule has 1 heterocycles. The smallest absolute Gasteiger partial charge is 0.330 e. The van der Waals surface area contributed by atoms with Gasteiger partial charge in [0, 0.05) is 28.8 Å². The third-order valence-corrected chi connectivity index (χ3v) is 8.17. The van der Waals surface area contributed by atoms with Crippen LogP contribution in [0.15, 0.2) is 46.5 Å². The number of ether oxygens (including phenoxy) is 1. The molecule has 4 rings (SSSR count). The number of aryl methyl sites for hydroxylation is 3. The fraction of sp³-hybridized carbons (Fsp3) is 0.222.